The SMILES string of the molecule is CC(O)Cn1cc2c(N)nc3cc(-c4ccn[nH]4)ccc3c2n1. The van der Waals surface area contributed by atoms with Crippen LogP contribution < -0.4 is 5.73 Å². The van der Waals surface area contributed by atoms with Gasteiger partial charge in [0.2, 0.25) is 0 Å². The van der Waals surface area contributed by atoms with E-state index in [1.165, 1.54) is 0 Å². The first-order valence-corrected chi connectivity index (χ1v) is 7.36. The van der Waals surface area contributed by atoms with Gasteiger partial charge in [-0.2, -0.15) is 10.2 Å². The lowest BCUT2D eigenvalue weighted by atomic mass is 10.1. The minimum absolute atomic E-state index is 0.418. The highest BCUT2D eigenvalue weighted by atomic mass is 16.3. The van der Waals surface area contributed by atoms with Gasteiger partial charge >= 0.3 is 0 Å². The number of nitrogen functional groups attached to an aromatic ring is 1. The molecule has 0 bridgehead atoms. The van der Waals surface area contributed by atoms with Crippen molar-refractivity contribution in [2.45, 2.75) is 19.6 Å². The number of rotatable bonds is 3. The standard InChI is InChI=1S/C16H16N6O/c1-9(23)7-22-8-12-15(21-22)11-3-2-10(13-4-5-18-20-13)6-14(11)19-16(12)17/h2-6,8-9,23H,7H2,1H3,(H2,17,19)(H,18,20). The molecule has 4 N–H and O–H groups in total. The van der Waals surface area contributed by atoms with Gasteiger partial charge in [-0.3, -0.25) is 9.78 Å². The summed E-state index contributed by atoms with van der Waals surface area (Å²) in [5, 5.41) is 22.7. The summed E-state index contributed by atoms with van der Waals surface area (Å²) in [7, 11) is 0. The second-order valence-corrected chi connectivity index (χ2v) is 5.66. The van der Waals surface area contributed by atoms with Crippen LogP contribution in [0.2, 0.25) is 0 Å². The van der Waals surface area contributed by atoms with Crippen LogP contribution in [-0.4, -0.2) is 36.2 Å². The van der Waals surface area contributed by atoms with Gasteiger partial charge < -0.3 is 10.8 Å². The topological polar surface area (TPSA) is 106 Å². The van der Waals surface area contributed by atoms with E-state index in [1.807, 2.05) is 30.5 Å². The monoisotopic (exact) mass is 308 g/mol. The molecule has 7 heteroatoms. The van der Waals surface area contributed by atoms with Gasteiger partial charge in [0.05, 0.1) is 29.2 Å². The predicted molar refractivity (Wildman–Crippen MR) is 88.7 cm³/mol. The van der Waals surface area contributed by atoms with E-state index in [0.717, 1.165) is 33.1 Å². The molecule has 1 unspecified atom stereocenters. The molecule has 0 fully saturated rings. The molecule has 0 aliphatic carbocycles. The molecule has 4 rings (SSSR count). The van der Waals surface area contributed by atoms with Crippen LogP contribution in [0.15, 0.2) is 36.7 Å². The van der Waals surface area contributed by atoms with E-state index in [0.29, 0.717) is 12.4 Å². The molecule has 116 valence electrons. The van der Waals surface area contributed by atoms with E-state index in [9.17, 15) is 5.11 Å². The Morgan fingerprint density at radius 3 is 2.91 bits per heavy atom. The zero-order valence-corrected chi connectivity index (χ0v) is 12.6. The normalized spacial score (nSPS) is 13.0. The first kappa shape index (κ1) is 13.7. The van der Waals surface area contributed by atoms with Crippen molar-refractivity contribution in [1.82, 2.24) is 25.0 Å². The summed E-state index contributed by atoms with van der Waals surface area (Å²) in [4.78, 5) is 4.49. The summed E-state index contributed by atoms with van der Waals surface area (Å²) in [5.74, 6) is 0.436. The Hall–Kier alpha value is -2.93. The molecule has 0 amide bonds. The Labute approximate surface area is 131 Å². The van der Waals surface area contributed by atoms with E-state index in [4.69, 9.17) is 5.73 Å². The van der Waals surface area contributed by atoms with Crippen molar-refractivity contribution in [3.8, 4) is 11.3 Å². The van der Waals surface area contributed by atoms with Gasteiger partial charge in [0.1, 0.15) is 11.3 Å². The maximum absolute atomic E-state index is 9.54. The highest BCUT2D eigenvalue weighted by Gasteiger charge is 2.12. The molecule has 3 heterocycles. The number of aromatic amines is 1. The summed E-state index contributed by atoms with van der Waals surface area (Å²) in [5.41, 5.74) is 9.58. The van der Waals surface area contributed by atoms with Crippen LogP contribution >= 0.6 is 0 Å². The molecular weight excluding hydrogens is 292 g/mol. The summed E-state index contributed by atoms with van der Waals surface area (Å²) in [6.07, 6.45) is 3.06. The number of pyridine rings is 1. The third-order valence-corrected chi connectivity index (χ3v) is 3.79. The summed E-state index contributed by atoms with van der Waals surface area (Å²) < 4.78 is 1.70. The van der Waals surface area contributed by atoms with E-state index in [2.05, 4.69) is 20.3 Å². The smallest absolute Gasteiger partial charge is 0.135 e. The number of nitrogens with two attached hydrogens (primary N) is 1. The van der Waals surface area contributed by atoms with Gasteiger partial charge in [-0.05, 0) is 25.1 Å². The number of fused-ring (bicyclic) bond motifs is 3. The van der Waals surface area contributed by atoms with Crippen molar-refractivity contribution in [2.24, 2.45) is 0 Å². The number of aromatic nitrogens is 5. The van der Waals surface area contributed by atoms with Crippen molar-refractivity contribution in [3.05, 3.63) is 36.7 Å². The van der Waals surface area contributed by atoms with Crippen LogP contribution in [0.25, 0.3) is 33.1 Å². The molecule has 4 aromatic rings. The molecule has 0 saturated carbocycles. The average Bonchev–Trinajstić information content (AvgIpc) is 3.15. The van der Waals surface area contributed by atoms with E-state index in [1.54, 1.807) is 17.8 Å². The number of nitrogens with one attached hydrogen (secondary N) is 1. The van der Waals surface area contributed by atoms with Crippen molar-refractivity contribution in [2.75, 3.05) is 5.73 Å². The summed E-state index contributed by atoms with van der Waals surface area (Å²) >= 11 is 0. The zero-order valence-electron chi connectivity index (χ0n) is 12.6. The minimum Gasteiger partial charge on any atom is -0.391 e. The molecule has 0 aliphatic rings. The van der Waals surface area contributed by atoms with Gasteiger partial charge in [0.15, 0.2) is 0 Å². The number of hydrogen-bond donors (Lipinski definition) is 3. The van der Waals surface area contributed by atoms with E-state index in [-0.39, 0.29) is 0 Å². The molecular formula is C16H16N6O. The summed E-state index contributed by atoms with van der Waals surface area (Å²) in [6.45, 7) is 2.14. The molecule has 1 aromatic carbocycles. The molecule has 0 saturated heterocycles. The highest BCUT2D eigenvalue weighted by Crippen LogP contribution is 2.29. The Kier molecular flexibility index (Phi) is 3.02. The average molecular weight is 308 g/mol. The molecule has 1 atom stereocenters. The number of aliphatic hydroxyl groups is 1. The first-order valence-electron chi connectivity index (χ1n) is 7.36. The highest BCUT2D eigenvalue weighted by molar-refractivity contribution is 6.08. The van der Waals surface area contributed by atoms with E-state index >= 15 is 0 Å². The van der Waals surface area contributed by atoms with Crippen LogP contribution in [0.5, 0.6) is 0 Å². The Morgan fingerprint density at radius 2 is 2.17 bits per heavy atom. The quantitative estimate of drug-likeness (QED) is 0.536. The number of nitrogens with zero attached hydrogens (tertiary/aromatic N) is 4. The summed E-state index contributed by atoms with van der Waals surface area (Å²) in [6, 6.07) is 7.85. The fourth-order valence-corrected chi connectivity index (χ4v) is 2.77. The lowest BCUT2D eigenvalue weighted by Gasteiger charge is -2.04. The maximum atomic E-state index is 9.54. The Bertz CT molecular complexity index is 987. The fraction of sp³-hybridized carbons (Fsp3) is 0.188. The van der Waals surface area contributed by atoms with Crippen molar-refractivity contribution in [1.29, 1.82) is 0 Å². The fourth-order valence-electron chi connectivity index (χ4n) is 2.77. The van der Waals surface area contributed by atoms with Gasteiger partial charge in [-0.15, -0.1) is 0 Å². The maximum Gasteiger partial charge on any atom is 0.135 e. The van der Waals surface area contributed by atoms with E-state index < -0.39 is 6.10 Å². The Balaban J connectivity index is 1.92. The molecule has 23 heavy (non-hydrogen) atoms. The van der Waals surface area contributed by atoms with Crippen LogP contribution in [0, 0.1) is 0 Å². The molecule has 0 spiro atoms. The molecule has 7 nitrogen and oxygen atoms in total. The van der Waals surface area contributed by atoms with Crippen molar-refractivity contribution < 1.29 is 5.11 Å². The number of aliphatic hydroxyl groups excluding tert-OH is 1. The van der Waals surface area contributed by atoms with Crippen molar-refractivity contribution in [3.63, 3.8) is 0 Å². The lowest BCUT2D eigenvalue weighted by molar-refractivity contribution is 0.169. The second-order valence-electron chi connectivity index (χ2n) is 5.66. The Morgan fingerprint density at radius 1 is 1.30 bits per heavy atom. The number of benzene rings is 1. The largest absolute Gasteiger partial charge is 0.391 e. The van der Waals surface area contributed by atoms with Gasteiger partial charge in [-0.25, -0.2) is 4.98 Å². The zero-order chi connectivity index (χ0) is 16.0. The van der Waals surface area contributed by atoms with Gasteiger partial charge in [0.25, 0.3) is 0 Å². The molecule has 3 aromatic heterocycles. The van der Waals surface area contributed by atoms with Crippen LogP contribution in [0.1, 0.15) is 6.92 Å². The lowest BCUT2D eigenvalue weighted by Crippen LogP contribution is -2.11. The molecule has 0 aliphatic heterocycles. The number of H-pyrrole nitrogens is 1. The number of anilines is 1. The van der Waals surface area contributed by atoms with Gasteiger partial charge in [0, 0.05) is 23.3 Å². The van der Waals surface area contributed by atoms with Crippen LogP contribution in [0.4, 0.5) is 5.82 Å². The molecule has 0 radical (unpaired) electrons. The third kappa shape index (κ3) is 2.31. The third-order valence-electron chi connectivity index (χ3n) is 3.79. The van der Waals surface area contributed by atoms with Crippen molar-refractivity contribution >= 4 is 27.6 Å². The first-order chi connectivity index (χ1) is 11.1. The minimum atomic E-state index is -0.475. The number of hydrogen-bond acceptors (Lipinski definition) is 5. The van der Waals surface area contributed by atoms with Crippen LogP contribution in [-0.2, 0) is 6.54 Å². The predicted octanol–water partition coefficient (Wildman–Crippen LogP) is 1.94. The van der Waals surface area contributed by atoms with Gasteiger partial charge in [-0.1, -0.05) is 6.07 Å². The van der Waals surface area contributed by atoms with Crippen LogP contribution in [0.3, 0.4) is 0 Å². The second kappa shape index (κ2) is 5.06.